The van der Waals surface area contributed by atoms with E-state index >= 15 is 0 Å². The number of hydrogen-bond donors (Lipinski definition) is 4. The van der Waals surface area contributed by atoms with Gasteiger partial charge in [0.05, 0.1) is 19.8 Å². The van der Waals surface area contributed by atoms with Crippen LogP contribution in [-0.4, -0.2) is 89.6 Å². The normalized spacial score (nSPS) is 21.6. The van der Waals surface area contributed by atoms with Gasteiger partial charge >= 0.3 is 5.97 Å². The highest BCUT2D eigenvalue weighted by molar-refractivity contribution is 5.69. The molecule has 6 atom stereocenters. The van der Waals surface area contributed by atoms with Crippen molar-refractivity contribution in [1.82, 2.24) is 0 Å². The van der Waals surface area contributed by atoms with Crippen LogP contribution in [0.25, 0.3) is 0 Å². The Morgan fingerprint density at radius 3 is 1.62 bits per heavy atom. The number of carbonyl (C=O) groups excluding carboxylic acids is 1. The van der Waals surface area contributed by atoms with Crippen LogP contribution in [-0.2, 0) is 23.7 Å². The Hall–Kier alpha value is -1.07. The second kappa shape index (κ2) is 33.7. The molecule has 1 saturated heterocycles. The van der Waals surface area contributed by atoms with Crippen LogP contribution in [0.2, 0.25) is 0 Å². The largest absolute Gasteiger partial charge is 0.457 e. The highest BCUT2D eigenvalue weighted by Crippen LogP contribution is 2.22. The third-order valence-corrected chi connectivity index (χ3v) is 9.68. The molecule has 0 spiro atoms. The highest BCUT2D eigenvalue weighted by Gasteiger charge is 2.44. The summed E-state index contributed by atoms with van der Waals surface area (Å²) in [4.78, 5) is 12.7. The van der Waals surface area contributed by atoms with Crippen molar-refractivity contribution in [3.63, 3.8) is 0 Å². The van der Waals surface area contributed by atoms with Crippen LogP contribution in [0.4, 0.5) is 0 Å². The molecule has 4 N–H and O–H groups in total. The van der Waals surface area contributed by atoms with Gasteiger partial charge in [-0.3, -0.25) is 4.79 Å². The molecular formula is C41H78O9. The van der Waals surface area contributed by atoms with Gasteiger partial charge in [-0.1, -0.05) is 148 Å². The summed E-state index contributed by atoms with van der Waals surface area (Å²) in [7, 11) is 0. The number of hydrogen-bond acceptors (Lipinski definition) is 9. The minimum absolute atomic E-state index is 0.112. The Balaban J connectivity index is 2.30. The first-order chi connectivity index (χ1) is 24.4. The van der Waals surface area contributed by atoms with Crippen molar-refractivity contribution in [3.05, 3.63) is 12.2 Å². The first kappa shape index (κ1) is 47.0. The second-order valence-electron chi connectivity index (χ2n) is 14.4. The summed E-state index contributed by atoms with van der Waals surface area (Å²) in [6.07, 6.45) is 28.0. The van der Waals surface area contributed by atoms with Crippen LogP contribution in [0.1, 0.15) is 181 Å². The average Bonchev–Trinajstić information content (AvgIpc) is 3.11. The number of unbranched alkanes of at least 4 members (excludes halogenated alkanes) is 22. The van der Waals surface area contributed by atoms with Gasteiger partial charge in [-0.15, -0.1) is 0 Å². The van der Waals surface area contributed by atoms with Gasteiger partial charge < -0.3 is 39.4 Å². The van der Waals surface area contributed by atoms with Crippen molar-refractivity contribution < 1.29 is 44.2 Å². The van der Waals surface area contributed by atoms with Gasteiger partial charge in [-0.05, 0) is 38.5 Å². The van der Waals surface area contributed by atoms with Crippen LogP contribution < -0.4 is 0 Å². The Morgan fingerprint density at radius 2 is 1.10 bits per heavy atom. The molecule has 9 heteroatoms. The molecule has 6 unspecified atom stereocenters. The molecule has 9 nitrogen and oxygen atoms in total. The van der Waals surface area contributed by atoms with Gasteiger partial charge in [0.15, 0.2) is 6.29 Å². The van der Waals surface area contributed by atoms with E-state index in [4.69, 9.17) is 18.9 Å². The van der Waals surface area contributed by atoms with Gasteiger partial charge in [-0.25, -0.2) is 0 Å². The molecule has 0 amide bonds. The lowest BCUT2D eigenvalue weighted by atomic mass is 9.99. The SMILES string of the molecule is CCCCCCC/C=C\CCCCCCCC(=O)OC(COCCCCCCCCCCCCCCC)COC1OC(CO)C(O)C(O)C1O. The summed E-state index contributed by atoms with van der Waals surface area (Å²) in [6.45, 7) is 4.55. The lowest BCUT2D eigenvalue weighted by molar-refractivity contribution is -0.305. The van der Waals surface area contributed by atoms with Gasteiger partial charge in [-0.2, -0.15) is 0 Å². The lowest BCUT2D eigenvalue weighted by Crippen LogP contribution is -2.59. The molecule has 0 aliphatic carbocycles. The summed E-state index contributed by atoms with van der Waals surface area (Å²) in [5, 5.41) is 40.0. The third-order valence-electron chi connectivity index (χ3n) is 9.68. The van der Waals surface area contributed by atoms with E-state index in [1.165, 1.54) is 116 Å². The van der Waals surface area contributed by atoms with Crippen molar-refractivity contribution >= 4 is 5.97 Å². The maximum absolute atomic E-state index is 12.7. The minimum atomic E-state index is -1.53. The molecule has 1 aliphatic rings. The van der Waals surface area contributed by atoms with E-state index in [-0.39, 0.29) is 19.2 Å². The summed E-state index contributed by atoms with van der Waals surface area (Å²) >= 11 is 0. The van der Waals surface area contributed by atoms with Crippen molar-refractivity contribution in [2.45, 2.75) is 218 Å². The van der Waals surface area contributed by atoms with Crippen LogP contribution in [0.15, 0.2) is 12.2 Å². The molecule has 0 bridgehead atoms. The predicted octanol–water partition coefficient (Wildman–Crippen LogP) is 8.47. The van der Waals surface area contributed by atoms with Crippen LogP contribution in [0, 0.1) is 0 Å². The summed E-state index contributed by atoms with van der Waals surface area (Å²) in [5.41, 5.74) is 0. The first-order valence-corrected chi connectivity index (χ1v) is 20.8. The molecule has 296 valence electrons. The first-order valence-electron chi connectivity index (χ1n) is 20.8. The summed E-state index contributed by atoms with van der Waals surface area (Å²) in [5.74, 6) is -0.321. The standard InChI is InChI=1S/C41H78O9/c1-3-5-7-9-11-13-15-17-18-20-22-24-26-28-30-37(43)49-35(34-48-41-40(46)39(45)38(44)36(32-42)50-41)33-47-31-29-27-25-23-21-19-16-14-12-10-8-6-4-2/h15,17,35-36,38-42,44-46H,3-14,16,18-34H2,1-2H3/b17-15-. The van der Waals surface area contributed by atoms with E-state index in [1.807, 2.05) is 0 Å². The molecule has 0 aromatic rings. The lowest BCUT2D eigenvalue weighted by Gasteiger charge is -2.39. The fraction of sp³-hybridized carbons (Fsp3) is 0.927. The Morgan fingerprint density at radius 1 is 0.620 bits per heavy atom. The van der Waals surface area contributed by atoms with Gasteiger partial charge in [0.2, 0.25) is 0 Å². The van der Waals surface area contributed by atoms with Crippen LogP contribution in [0.5, 0.6) is 0 Å². The number of carbonyl (C=O) groups is 1. The monoisotopic (exact) mass is 715 g/mol. The molecule has 1 aliphatic heterocycles. The molecule has 1 heterocycles. The third kappa shape index (κ3) is 25.0. The van der Waals surface area contributed by atoms with E-state index in [0.29, 0.717) is 13.0 Å². The number of allylic oxidation sites excluding steroid dienone is 2. The van der Waals surface area contributed by atoms with Crippen LogP contribution in [0.3, 0.4) is 0 Å². The van der Waals surface area contributed by atoms with Crippen molar-refractivity contribution in [1.29, 1.82) is 0 Å². The average molecular weight is 715 g/mol. The van der Waals surface area contributed by atoms with Crippen LogP contribution >= 0.6 is 0 Å². The maximum Gasteiger partial charge on any atom is 0.306 e. The minimum Gasteiger partial charge on any atom is -0.457 e. The number of ether oxygens (including phenoxy) is 4. The summed E-state index contributed by atoms with van der Waals surface area (Å²) < 4.78 is 22.7. The smallest absolute Gasteiger partial charge is 0.306 e. The Bertz CT molecular complexity index is 777. The number of esters is 1. The predicted molar refractivity (Wildman–Crippen MR) is 201 cm³/mol. The van der Waals surface area contributed by atoms with Gasteiger partial charge in [0, 0.05) is 13.0 Å². The number of rotatable bonds is 35. The number of aliphatic hydroxyl groups excluding tert-OH is 4. The van der Waals surface area contributed by atoms with Crippen molar-refractivity contribution in [2.24, 2.45) is 0 Å². The van der Waals surface area contributed by atoms with E-state index < -0.39 is 43.4 Å². The molecule has 0 saturated carbocycles. The zero-order chi connectivity index (χ0) is 36.5. The van der Waals surface area contributed by atoms with Gasteiger partial charge in [0.25, 0.3) is 0 Å². The molecule has 0 aromatic carbocycles. The topological polar surface area (TPSA) is 135 Å². The Labute approximate surface area is 305 Å². The molecule has 0 radical (unpaired) electrons. The van der Waals surface area contributed by atoms with Crippen molar-refractivity contribution in [3.8, 4) is 0 Å². The quantitative estimate of drug-likeness (QED) is 0.0290. The van der Waals surface area contributed by atoms with E-state index in [2.05, 4.69) is 26.0 Å². The Kier molecular flexibility index (Phi) is 31.7. The molecule has 0 aromatic heterocycles. The fourth-order valence-corrected chi connectivity index (χ4v) is 6.37. The maximum atomic E-state index is 12.7. The zero-order valence-electron chi connectivity index (χ0n) is 32.2. The highest BCUT2D eigenvalue weighted by atomic mass is 16.7. The van der Waals surface area contributed by atoms with Gasteiger partial charge in [0.1, 0.15) is 30.5 Å². The zero-order valence-corrected chi connectivity index (χ0v) is 32.2. The fourth-order valence-electron chi connectivity index (χ4n) is 6.37. The summed E-state index contributed by atoms with van der Waals surface area (Å²) in [6, 6.07) is 0. The molecule has 50 heavy (non-hydrogen) atoms. The van der Waals surface area contributed by atoms with E-state index in [1.54, 1.807) is 0 Å². The van der Waals surface area contributed by atoms with Crippen molar-refractivity contribution in [2.75, 3.05) is 26.4 Å². The second-order valence-corrected chi connectivity index (χ2v) is 14.4. The molecule has 1 fully saturated rings. The molecular weight excluding hydrogens is 636 g/mol. The van der Waals surface area contributed by atoms with E-state index in [0.717, 1.165) is 44.9 Å². The molecule has 1 rings (SSSR count). The number of aliphatic hydroxyl groups is 4. The van der Waals surface area contributed by atoms with E-state index in [9.17, 15) is 25.2 Å².